The van der Waals surface area contributed by atoms with Crippen LogP contribution in [0.5, 0.6) is 0 Å². The molecule has 198 valence electrons. The van der Waals surface area contributed by atoms with E-state index in [1.165, 1.54) is 12.1 Å². The molecular formula is C29H22F4N4O2. The fourth-order valence-electron chi connectivity index (χ4n) is 4.24. The van der Waals surface area contributed by atoms with E-state index in [0.29, 0.717) is 40.1 Å². The lowest BCUT2D eigenvalue weighted by Crippen LogP contribution is -2.27. The van der Waals surface area contributed by atoms with Gasteiger partial charge in [0.05, 0.1) is 17.4 Å². The zero-order valence-corrected chi connectivity index (χ0v) is 20.6. The smallest absolute Gasteiger partial charge is 0.385 e. The Morgan fingerprint density at radius 1 is 1.00 bits per heavy atom. The highest BCUT2D eigenvalue weighted by Gasteiger charge is 2.32. The summed E-state index contributed by atoms with van der Waals surface area (Å²) in [6, 6.07) is 18.1. The average Bonchev–Trinajstić information content (AvgIpc) is 3.44. The molecule has 0 spiro atoms. The molecule has 10 heteroatoms. The lowest BCUT2D eigenvalue weighted by atomic mass is 9.95. The fraction of sp³-hybridized carbons (Fsp3) is 0.172. The number of hydrogen-bond donors (Lipinski definition) is 1. The number of carbonyl (C=O) groups excluding carboxylic acids is 1. The molecule has 0 fully saturated rings. The minimum Gasteiger partial charge on any atom is -0.385 e. The number of rotatable bonds is 6. The van der Waals surface area contributed by atoms with E-state index in [-0.39, 0.29) is 5.56 Å². The van der Waals surface area contributed by atoms with E-state index in [9.17, 15) is 22.4 Å². The molecule has 0 saturated heterocycles. The summed E-state index contributed by atoms with van der Waals surface area (Å²) in [5.74, 6) is -0.955. The van der Waals surface area contributed by atoms with Crippen molar-refractivity contribution in [2.45, 2.75) is 31.7 Å². The molecule has 2 aromatic carbocycles. The number of nitrogens with one attached hydrogen (secondary N) is 1. The number of carbonyl (C=O) groups is 1. The molecule has 39 heavy (non-hydrogen) atoms. The van der Waals surface area contributed by atoms with Crippen LogP contribution in [-0.2, 0) is 11.0 Å². The van der Waals surface area contributed by atoms with Crippen molar-refractivity contribution >= 4 is 11.6 Å². The summed E-state index contributed by atoms with van der Waals surface area (Å²) >= 11 is 0. The Kier molecular flexibility index (Phi) is 7.10. The van der Waals surface area contributed by atoms with E-state index in [0.717, 1.165) is 12.3 Å². The number of nitrogens with zero attached hydrogens (tertiary/aromatic N) is 3. The van der Waals surface area contributed by atoms with Crippen LogP contribution in [0.3, 0.4) is 0 Å². The van der Waals surface area contributed by atoms with Gasteiger partial charge >= 0.3 is 6.18 Å². The van der Waals surface area contributed by atoms with E-state index >= 15 is 0 Å². The number of amides is 1. The van der Waals surface area contributed by atoms with Gasteiger partial charge in [-0.1, -0.05) is 35.5 Å². The second-order valence-corrected chi connectivity index (χ2v) is 9.04. The second-order valence-electron chi connectivity index (χ2n) is 9.04. The van der Waals surface area contributed by atoms with Crippen LogP contribution >= 0.6 is 0 Å². The molecule has 1 aliphatic rings. The normalized spacial score (nSPS) is 15.8. The van der Waals surface area contributed by atoms with Gasteiger partial charge in [-0.05, 0) is 60.5 Å². The monoisotopic (exact) mass is 534 g/mol. The Hall–Kier alpha value is -4.60. The van der Waals surface area contributed by atoms with Gasteiger partial charge in [0.2, 0.25) is 0 Å². The number of halogens is 4. The summed E-state index contributed by atoms with van der Waals surface area (Å²) in [4.78, 5) is 26.7. The van der Waals surface area contributed by atoms with Crippen molar-refractivity contribution in [3.63, 3.8) is 0 Å². The molecule has 1 unspecified atom stereocenters. The molecule has 5 rings (SSSR count). The van der Waals surface area contributed by atoms with Crippen LogP contribution in [0.2, 0.25) is 0 Å². The summed E-state index contributed by atoms with van der Waals surface area (Å²) in [6.07, 6.45) is -1.82. The van der Waals surface area contributed by atoms with Gasteiger partial charge in [0.15, 0.2) is 6.10 Å². The van der Waals surface area contributed by atoms with Crippen molar-refractivity contribution in [1.29, 1.82) is 0 Å². The summed E-state index contributed by atoms with van der Waals surface area (Å²) in [5.41, 5.74) is 2.21. The molecule has 0 aliphatic carbocycles. The fourth-order valence-corrected chi connectivity index (χ4v) is 4.24. The Morgan fingerprint density at radius 3 is 2.46 bits per heavy atom. The lowest BCUT2D eigenvalue weighted by Gasteiger charge is -2.16. The van der Waals surface area contributed by atoms with Gasteiger partial charge < -0.3 is 10.2 Å². The first-order valence-corrected chi connectivity index (χ1v) is 12.1. The second kappa shape index (κ2) is 10.6. The molecule has 0 bridgehead atoms. The summed E-state index contributed by atoms with van der Waals surface area (Å²) < 4.78 is 53.3. The SMILES string of the molecule is C[C@@H](NC(=O)c1cc(C2=NOC(c3ccccn3)C2)cc(-c2ccccc2F)c1)c1ccc(C(F)(F)F)nc1. The first kappa shape index (κ1) is 26.0. The molecule has 1 N–H and O–H groups in total. The van der Waals surface area contributed by atoms with Crippen molar-refractivity contribution in [2.75, 3.05) is 0 Å². The van der Waals surface area contributed by atoms with Crippen LogP contribution in [0, 0.1) is 5.82 Å². The number of oxime groups is 1. The zero-order valence-electron chi connectivity index (χ0n) is 20.6. The molecular weight excluding hydrogens is 512 g/mol. The number of hydrogen-bond acceptors (Lipinski definition) is 5. The molecule has 2 atom stereocenters. The van der Waals surface area contributed by atoms with Crippen molar-refractivity contribution in [2.24, 2.45) is 5.16 Å². The maximum Gasteiger partial charge on any atom is 0.433 e. The summed E-state index contributed by atoms with van der Waals surface area (Å²) in [6.45, 7) is 1.64. The highest BCUT2D eigenvalue weighted by atomic mass is 19.4. The van der Waals surface area contributed by atoms with Crippen LogP contribution < -0.4 is 5.32 Å². The van der Waals surface area contributed by atoms with Crippen LogP contribution in [0.25, 0.3) is 11.1 Å². The van der Waals surface area contributed by atoms with E-state index in [4.69, 9.17) is 4.84 Å². The minimum atomic E-state index is -4.56. The minimum absolute atomic E-state index is 0.224. The number of aromatic nitrogens is 2. The van der Waals surface area contributed by atoms with Gasteiger partial charge in [0.25, 0.3) is 5.91 Å². The lowest BCUT2D eigenvalue weighted by molar-refractivity contribution is -0.141. The van der Waals surface area contributed by atoms with Gasteiger partial charge in [-0.25, -0.2) is 4.39 Å². The van der Waals surface area contributed by atoms with Gasteiger partial charge in [-0.15, -0.1) is 0 Å². The van der Waals surface area contributed by atoms with Gasteiger partial charge in [-0.2, -0.15) is 13.2 Å². The van der Waals surface area contributed by atoms with Crippen LogP contribution in [0.15, 0.2) is 90.3 Å². The van der Waals surface area contributed by atoms with E-state index in [1.807, 2.05) is 12.1 Å². The Balaban J connectivity index is 1.43. The van der Waals surface area contributed by atoms with Crippen molar-refractivity contribution in [3.05, 3.63) is 119 Å². The van der Waals surface area contributed by atoms with Crippen molar-refractivity contribution in [3.8, 4) is 11.1 Å². The van der Waals surface area contributed by atoms with Crippen LogP contribution in [0.4, 0.5) is 17.6 Å². The highest BCUT2D eigenvalue weighted by molar-refractivity contribution is 6.05. The molecule has 1 aliphatic heterocycles. The largest absolute Gasteiger partial charge is 0.433 e. The van der Waals surface area contributed by atoms with E-state index < -0.39 is 35.7 Å². The van der Waals surface area contributed by atoms with Crippen molar-refractivity contribution < 1.29 is 27.2 Å². The average molecular weight is 535 g/mol. The maximum atomic E-state index is 14.7. The van der Waals surface area contributed by atoms with Gasteiger partial charge in [0, 0.05) is 35.5 Å². The topological polar surface area (TPSA) is 76.5 Å². The summed E-state index contributed by atoms with van der Waals surface area (Å²) in [7, 11) is 0. The zero-order chi connectivity index (χ0) is 27.6. The molecule has 4 aromatic rings. The predicted molar refractivity (Wildman–Crippen MR) is 136 cm³/mol. The molecule has 2 aromatic heterocycles. The number of pyridine rings is 2. The number of benzene rings is 2. The van der Waals surface area contributed by atoms with Crippen molar-refractivity contribution in [1.82, 2.24) is 15.3 Å². The first-order valence-electron chi connectivity index (χ1n) is 12.1. The molecule has 0 radical (unpaired) electrons. The quantitative estimate of drug-likeness (QED) is 0.281. The Bertz CT molecular complexity index is 1520. The molecule has 6 nitrogen and oxygen atoms in total. The van der Waals surface area contributed by atoms with E-state index in [1.54, 1.807) is 55.6 Å². The molecule has 3 heterocycles. The Labute approximate surface area is 221 Å². The maximum absolute atomic E-state index is 14.7. The van der Waals surface area contributed by atoms with Gasteiger partial charge in [-0.3, -0.25) is 14.8 Å². The predicted octanol–water partition coefficient (Wildman–Crippen LogP) is 6.66. The van der Waals surface area contributed by atoms with E-state index in [2.05, 4.69) is 20.4 Å². The van der Waals surface area contributed by atoms with Crippen LogP contribution in [0.1, 0.15) is 58.4 Å². The third-order valence-electron chi connectivity index (χ3n) is 6.32. The number of alkyl halides is 3. The highest BCUT2D eigenvalue weighted by Crippen LogP contribution is 2.32. The molecule has 1 amide bonds. The Morgan fingerprint density at radius 2 is 1.77 bits per heavy atom. The third kappa shape index (κ3) is 5.79. The summed E-state index contributed by atoms with van der Waals surface area (Å²) in [5, 5.41) is 6.99. The van der Waals surface area contributed by atoms with Gasteiger partial charge in [0.1, 0.15) is 11.5 Å². The standard InChI is InChI=1S/C29H22F4N4O2/c1-17(18-9-10-27(35-16-18)29(31,32)33)36-28(38)21-13-19(22-6-2-3-7-23(22)30)12-20(14-21)25-15-26(39-37-25)24-8-4-5-11-34-24/h2-14,16-17,26H,15H2,1H3,(H,36,38)/t17-,26?/m1/s1. The molecule has 0 saturated carbocycles. The van der Waals surface area contributed by atoms with Crippen LogP contribution in [-0.4, -0.2) is 21.6 Å². The third-order valence-corrected chi connectivity index (χ3v) is 6.32. The first-order chi connectivity index (χ1) is 18.7.